The van der Waals surface area contributed by atoms with Gasteiger partial charge in [0.2, 0.25) is 5.91 Å². The van der Waals surface area contributed by atoms with E-state index in [0.29, 0.717) is 18.2 Å². The molecule has 7 heteroatoms. The number of amides is 1. The highest BCUT2D eigenvalue weighted by molar-refractivity contribution is 7.99. The molecular weight excluding hydrogens is 400 g/mol. The number of nitrogens with one attached hydrogen (secondary N) is 1. The van der Waals surface area contributed by atoms with Gasteiger partial charge >= 0.3 is 0 Å². The molecule has 2 aromatic heterocycles. The number of thiophene rings is 1. The largest absolute Gasteiger partial charge is 0.355 e. The first-order chi connectivity index (χ1) is 14.3. The summed E-state index contributed by atoms with van der Waals surface area (Å²) in [4.78, 5) is 13.5. The maximum Gasteiger partial charge on any atom is 0.230 e. The van der Waals surface area contributed by atoms with Gasteiger partial charge in [0.25, 0.3) is 0 Å². The number of carbonyl (C=O) groups is 1. The SMILES string of the molecule is O=C(CSc1nnc(-c2cccs2)n1Cc1ccccc1)NCC1CCCCC1. The molecule has 0 radical (unpaired) electrons. The van der Waals surface area contributed by atoms with E-state index in [1.54, 1.807) is 11.3 Å². The molecule has 1 aliphatic carbocycles. The Kier molecular flexibility index (Phi) is 7.00. The summed E-state index contributed by atoms with van der Waals surface area (Å²) < 4.78 is 2.11. The van der Waals surface area contributed by atoms with E-state index in [2.05, 4.69) is 38.3 Å². The van der Waals surface area contributed by atoms with E-state index in [1.165, 1.54) is 49.4 Å². The fourth-order valence-corrected chi connectivity index (χ4v) is 5.21. The molecule has 1 aliphatic rings. The zero-order chi connectivity index (χ0) is 19.9. The number of thioether (sulfide) groups is 1. The number of hydrogen-bond acceptors (Lipinski definition) is 5. The van der Waals surface area contributed by atoms with Crippen LogP contribution in [0.1, 0.15) is 37.7 Å². The molecule has 0 saturated heterocycles. The molecule has 0 bridgehead atoms. The Balaban J connectivity index is 1.41. The highest BCUT2D eigenvalue weighted by atomic mass is 32.2. The van der Waals surface area contributed by atoms with Gasteiger partial charge in [0.1, 0.15) is 0 Å². The Bertz CT molecular complexity index is 902. The summed E-state index contributed by atoms with van der Waals surface area (Å²) in [7, 11) is 0. The first-order valence-electron chi connectivity index (χ1n) is 10.2. The molecule has 1 saturated carbocycles. The van der Waals surface area contributed by atoms with Crippen LogP contribution in [0.25, 0.3) is 10.7 Å². The minimum atomic E-state index is 0.0764. The monoisotopic (exact) mass is 426 g/mol. The van der Waals surface area contributed by atoms with Crippen molar-refractivity contribution in [3.8, 4) is 10.7 Å². The van der Waals surface area contributed by atoms with E-state index in [4.69, 9.17) is 0 Å². The average molecular weight is 427 g/mol. The topological polar surface area (TPSA) is 59.8 Å². The molecule has 1 fully saturated rings. The van der Waals surface area contributed by atoms with E-state index in [9.17, 15) is 4.79 Å². The average Bonchev–Trinajstić information content (AvgIpc) is 3.42. The third kappa shape index (κ3) is 5.48. The molecule has 1 N–H and O–H groups in total. The molecule has 2 heterocycles. The molecule has 152 valence electrons. The molecule has 1 amide bonds. The Morgan fingerprint density at radius 1 is 1.10 bits per heavy atom. The van der Waals surface area contributed by atoms with E-state index < -0.39 is 0 Å². The second-order valence-corrected chi connectivity index (χ2v) is 9.34. The van der Waals surface area contributed by atoms with Crippen molar-refractivity contribution in [3.63, 3.8) is 0 Å². The van der Waals surface area contributed by atoms with Gasteiger partial charge in [-0.25, -0.2) is 0 Å². The van der Waals surface area contributed by atoms with Gasteiger partial charge in [0.05, 0.1) is 17.2 Å². The van der Waals surface area contributed by atoms with Crippen molar-refractivity contribution < 1.29 is 4.79 Å². The molecule has 0 aliphatic heterocycles. The van der Waals surface area contributed by atoms with Crippen LogP contribution < -0.4 is 5.32 Å². The number of nitrogens with zero attached hydrogens (tertiary/aromatic N) is 3. The quantitative estimate of drug-likeness (QED) is 0.524. The molecule has 5 nitrogen and oxygen atoms in total. The predicted octanol–water partition coefficient (Wildman–Crippen LogP) is 4.84. The van der Waals surface area contributed by atoms with Gasteiger partial charge in [0, 0.05) is 6.54 Å². The summed E-state index contributed by atoms with van der Waals surface area (Å²) in [6.07, 6.45) is 6.41. The summed E-state index contributed by atoms with van der Waals surface area (Å²) in [5, 5.41) is 14.8. The van der Waals surface area contributed by atoms with Gasteiger partial charge in [-0.2, -0.15) is 0 Å². The maximum absolute atomic E-state index is 12.4. The van der Waals surface area contributed by atoms with Gasteiger partial charge in [0.15, 0.2) is 11.0 Å². The summed E-state index contributed by atoms with van der Waals surface area (Å²) in [6, 6.07) is 14.4. The second-order valence-electron chi connectivity index (χ2n) is 7.45. The molecule has 0 unspecified atom stereocenters. The third-order valence-electron chi connectivity index (χ3n) is 5.29. The molecule has 1 aromatic carbocycles. The van der Waals surface area contributed by atoms with Crippen LogP contribution in [0, 0.1) is 5.92 Å². The lowest BCUT2D eigenvalue weighted by Crippen LogP contribution is -2.31. The first kappa shape index (κ1) is 20.2. The van der Waals surface area contributed by atoms with E-state index in [0.717, 1.165) is 22.4 Å². The molecule has 4 rings (SSSR count). The standard InChI is InChI=1S/C22H26N4OS2/c27-20(23-14-17-8-3-1-4-9-17)16-29-22-25-24-21(19-12-7-13-28-19)26(22)15-18-10-5-2-6-11-18/h2,5-7,10-13,17H,1,3-4,8-9,14-16H2,(H,23,27). The van der Waals surface area contributed by atoms with Gasteiger partial charge in [-0.15, -0.1) is 21.5 Å². The van der Waals surface area contributed by atoms with Crippen LogP contribution in [0.2, 0.25) is 0 Å². The van der Waals surface area contributed by atoms with Crippen molar-refractivity contribution in [2.45, 2.75) is 43.8 Å². The van der Waals surface area contributed by atoms with Crippen LogP contribution in [-0.2, 0) is 11.3 Å². The third-order valence-corrected chi connectivity index (χ3v) is 7.12. The summed E-state index contributed by atoms with van der Waals surface area (Å²) in [5.41, 5.74) is 1.19. The van der Waals surface area contributed by atoms with Crippen molar-refractivity contribution in [3.05, 3.63) is 53.4 Å². The highest BCUT2D eigenvalue weighted by Gasteiger charge is 2.18. The van der Waals surface area contributed by atoms with E-state index in [-0.39, 0.29) is 5.91 Å². The minimum absolute atomic E-state index is 0.0764. The van der Waals surface area contributed by atoms with E-state index >= 15 is 0 Å². The minimum Gasteiger partial charge on any atom is -0.355 e. The van der Waals surface area contributed by atoms with Crippen molar-refractivity contribution in [2.24, 2.45) is 5.92 Å². The Hall–Kier alpha value is -2.12. The zero-order valence-electron chi connectivity index (χ0n) is 16.4. The summed E-state index contributed by atoms with van der Waals surface area (Å²) in [5.74, 6) is 1.94. The molecular formula is C22H26N4OS2. The van der Waals surface area contributed by atoms with Crippen LogP contribution in [0.5, 0.6) is 0 Å². The van der Waals surface area contributed by atoms with Gasteiger partial charge < -0.3 is 5.32 Å². The van der Waals surface area contributed by atoms with Gasteiger partial charge in [-0.3, -0.25) is 9.36 Å². The Morgan fingerprint density at radius 2 is 1.93 bits per heavy atom. The van der Waals surface area contributed by atoms with E-state index in [1.807, 2.05) is 29.6 Å². The normalized spacial score (nSPS) is 14.8. The van der Waals surface area contributed by atoms with Crippen molar-refractivity contribution in [2.75, 3.05) is 12.3 Å². The van der Waals surface area contributed by atoms with Crippen LogP contribution in [0.15, 0.2) is 53.0 Å². The number of rotatable bonds is 8. The molecule has 3 aromatic rings. The lowest BCUT2D eigenvalue weighted by Gasteiger charge is -2.21. The number of hydrogen-bond donors (Lipinski definition) is 1. The highest BCUT2D eigenvalue weighted by Crippen LogP contribution is 2.28. The van der Waals surface area contributed by atoms with Crippen LogP contribution >= 0.6 is 23.1 Å². The fraction of sp³-hybridized carbons (Fsp3) is 0.409. The lowest BCUT2D eigenvalue weighted by molar-refractivity contribution is -0.118. The van der Waals surface area contributed by atoms with Gasteiger partial charge in [-0.1, -0.05) is 67.4 Å². The second kappa shape index (κ2) is 10.1. The summed E-state index contributed by atoms with van der Waals surface area (Å²) >= 11 is 3.11. The zero-order valence-corrected chi connectivity index (χ0v) is 18.1. The fourth-order valence-electron chi connectivity index (χ4n) is 3.72. The van der Waals surface area contributed by atoms with Gasteiger partial charge in [-0.05, 0) is 35.8 Å². The smallest absolute Gasteiger partial charge is 0.230 e. The lowest BCUT2D eigenvalue weighted by atomic mass is 9.89. The van der Waals surface area contributed by atoms with Crippen LogP contribution in [-0.4, -0.2) is 33.0 Å². The van der Waals surface area contributed by atoms with Crippen LogP contribution in [0.4, 0.5) is 0 Å². The molecule has 29 heavy (non-hydrogen) atoms. The Labute approximate surface area is 179 Å². The summed E-state index contributed by atoms with van der Waals surface area (Å²) in [6.45, 7) is 1.49. The maximum atomic E-state index is 12.4. The predicted molar refractivity (Wildman–Crippen MR) is 119 cm³/mol. The van der Waals surface area contributed by atoms with Crippen molar-refractivity contribution in [1.29, 1.82) is 0 Å². The molecule has 0 atom stereocenters. The Morgan fingerprint density at radius 3 is 2.69 bits per heavy atom. The molecule has 0 spiro atoms. The van der Waals surface area contributed by atoms with Crippen molar-refractivity contribution in [1.82, 2.24) is 20.1 Å². The van der Waals surface area contributed by atoms with Crippen LogP contribution in [0.3, 0.4) is 0 Å². The number of carbonyl (C=O) groups excluding carboxylic acids is 1. The number of aromatic nitrogens is 3. The van der Waals surface area contributed by atoms with Crippen molar-refractivity contribution >= 4 is 29.0 Å². The first-order valence-corrected chi connectivity index (χ1v) is 12.1. The number of benzene rings is 1.